The molecule has 1 atom stereocenters. The van der Waals surface area contributed by atoms with Crippen LogP contribution in [0.4, 0.5) is 19.0 Å². The van der Waals surface area contributed by atoms with Crippen molar-refractivity contribution in [2.75, 3.05) is 5.32 Å². The molecule has 0 saturated heterocycles. The smallest absolute Gasteiger partial charge is 0.417 e. The number of rotatable bonds is 5. The van der Waals surface area contributed by atoms with Gasteiger partial charge in [0.2, 0.25) is 5.91 Å². The van der Waals surface area contributed by atoms with Crippen LogP contribution >= 0.6 is 11.6 Å². The van der Waals surface area contributed by atoms with Crippen LogP contribution < -0.4 is 15.4 Å². The minimum Gasteiger partial charge on any atom is -0.457 e. The monoisotopic (exact) mass is 503 g/mol. The zero-order valence-corrected chi connectivity index (χ0v) is 19.3. The Hall–Kier alpha value is -3.59. The summed E-state index contributed by atoms with van der Waals surface area (Å²) in [6.45, 7) is 1.38. The number of hydrogen-bond acceptors (Lipinski definition) is 4. The fourth-order valence-electron chi connectivity index (χ4n) is 3.93. The summed E-state index contributed by atoms with van der Waals surface area (Å²) in [7, 11) is 0. The van der Waals surface area contributed by atoms with E-state index in [1.54, 1.807) is 12.1 Å². The van der Waals surface area contributed by atoms with Crippen LogP contribution in [0.1, 0.15) is 40.4 Å². The number of carbonyl (C=O) groups excluding carboxylic acids is 2. The van der Waals surface area contributed by atoms with Crippen LogP contribution in [-0.4, -0.2) is 22.8 Å². The molecule has 0 saturated carbocycles. The predicted octanol–water partition coefficient (Wildman–Crippen LogP) is 5.79. The number of ether oxygens (including phenoxy) is 1. The minimum absolute atomic E-state index is 0.0998. The van der Waals surface area contributed by atoms with Crippen molar-refractivity contribution in [2.24, 2.45) is 0 Å². The number of aromatic nitrogens is 1. The zero-order valence-electron chi connectivity index (χ0n) is 18.6. The summed E-state index contributed by atoms with van der Waals surface area (Å²) < 4.78 is 45.3. The minimum atomic E-state index is -4.65. The van der Waals surface area contributed by atoms with Gasteiger partial charge in [-0.15, -0.1) is 0 Å². The van der Waals surface area contributed by atoms with Crippen molar-refractivity contribution < 1.29 is 27.5 Å². The van der Waals surface area contributed by atoms with Gasteiger partial charge in [0.25, 0.3) is 5.91 Å². The van der Waals surface area contributed by atoms with Crippen LogP contribution in [-0.2, 0) is 23.8 Å². The van der Waals surface area contributed by atoms with Crippen molar-refractivity contribution in [3.05, 3.63) is 82.0 Å². The number of amides is 2. The van der Waals surface area contributed by atoms with Gasteiger partial charge >= 0.3 is 6.18 Å². The van der Waals surface area contributed by atoms with Gasteiger partial charge in [0.15, 0.2) is 0 Å². The molecule has 1 unspecified atom stereocenters. The van der Waals surface area contributed by atoms with Gasteiger partial charge < -0.3 is 15.4 Å². The summed E-state index contributed by atoms with van der Waals surface area (Å²) in [4.78, 5) is 27.9. The van der Waals surface area contributed by atoms with E-state index in [-0.39, 0.29) is 17.5 Å². The summed E-state index contributed by atoms with van der Waals surface area (Å²) >= 11 is 5.65. The van der Waals surface area contributed by atoms with E-state index >= 15 is 0 Å². The molecule has 0 fully saturated rings. The van der Waals surface area contributed by atoms with Crippen molar-refractivity contribution in [3.63, 3.8) is 0 Å². The lowest BCUT2D eigenvalue weighted by molar-refractivity contribution is -0.137. The van der Waals surface area contributed by atoms with E-state index in [2.05, 4.69) is 15.6 Å². The molecule has 1 aliphatic carbocycles. The maximum atomic E-state index is 13.1. The molecule has 3 aromatic rings. The van der Waals surface area contributed by atoms with Gasteiger partial charge in [-0.3, -0.25) is 9.59 Å². The van der Waals surface area contributed by atoms with Crippen LogP contribution in [0, 0.1) is 0 Å². The number of nitrogens with one attached hydrogen (secondary N) is 2. The summed E-state index contributed by atoms with van der Waals surface area (Å²) in [6.07, 6.45) is -1.26. The number of carbonyl (C=O) groups is 2. The second-order valence-electron chi connectivity index (χ2n) is 8.20. The molecule has 0 aliphatic heterocycles. The van der Waals surface area contributed by atoms with E-state index in [9.17, 15) is 22.8 Å². The highest BCUT2D eigenvalue weighted by Crippen LogP contribution is 2.35. The Labute approximate surface area is 204 Å². The first-order valence-corrected chi connectivity index (χ1v) is 11.2. The molecular weight excluding hydrogens is 483 g/mol. The van der Waals surface area contributed by atoms with Gasteiger partial charge in [-0.2, -0.15) is 13.2 Å². The maximum absolute atomic E-state index is 13.1. The van der Waals surface area contributed by atoms with Crippen molar-refractivity contribution >= 4 is 29.2 Å². The van der Waals surface area contributed by atoms with E-state index in [1.165, 1.54) is 19.2 Å². The lowest BCUT2D eigenvalue weighted by Crippen LogP contribution is -2.38. The highest BCUT2D eigenvalue weighted by atomic mass is 35.5. The average Bonchev–Trinajstić information content (AvgIpc) is 2.78. The molecular formula is C25H21ClF3N3O3. The van der Waals surface area contributed by atoms with E-state index in [1.807, 2.05) is 18.2 Å². The topological polar surface area (TPSA) is 80.3 Å². The molecule has 0 spiro atoms. The SMILES string of the molecule is CC(=O)Nc1cc(Oc2ccc3c(c2)CC(NC(=O)c2ccc(Cl)c(C(F)(F)F)c2)CC3)ccn1. The van der Waals surface area contributed by atoms with Gasteiger partial charge in [-0.05, 0) is 66.8 Å². The predicted molar refractivity (Wildman–Crippen MR) is 125 cm³/mol. The summed E-state index contributed by atoms with van der Waals surface area (Å²) in [6, 6.07) is 11.8. The van der Waals surface area contributed by atoms with E-state index < -0.39 is 22.7 Å². The molecule has 1 aliphatic rings. The van der Waals surface area contributed by atoms with Crippen molar-refractivity contribution in [1.29, 1.82) is 0 Å². The largest absolute Gasteiger partial charge is 0.457 e. The highest BCUT2D eigenvalue weighted by molar-refractivity contribution is 6.31. The average molecular weight is 504 g/mol. The zero-order chi connectivity index (χ0) is 25.2. The van der Waals surface area contributed by atoms with Crippen LogP contribution in [0.15, 0.2) is 54.7 Å². The Bertz CT molecular complexity index is 1280. The molecule has 0 radical (unpaired) electrons. The number of alkyl halides is 3. The summed E-state index contributed by atoms with van der Waals surface area (Å²) in [5.74, 6) is 0.600. The molecule has 182 valence electrons. The molecule has 2 aromatic carbocycles. The molecule has 2 N–H and O–H groups in total. The van der Waals surface area contributed by atoms with Gasteiger partial charge in [0.05, 0.1) is 10.6 Å². The second kappa shape index (κ2) is 9.95. The van der Waals surface area contributed by atoms with Crippen molar-refractivity contribution in [2.45, 2.75) is 38.4 Å². The third-order valence-corrected chi connectivity index (χ3v) is 5.88. The number of anilines is 1. The summed E-state index contributed by atoms with van der Waals surface area (Å²) in [5, 5.41) is 4.97. The van der Waals surface area contributed by atoms with Crippen LogP contribution in [0.2, 0.25) is 5.02 Å². The van der Waals surface area contributed by atoms with E-state index in [0.717, 1.165) is 23.3 Å². The Morgan fingerprint density at radius 3 is 2.57 bits per heavy atom. The Balaban J connectivity index is 1.45. The second-order valence-corrected chi connectivity index (χ2v) is 8.60. The highest BCUT2D eigenvalue weighted by Gasteiger charge is 2.34. The fraction of sp³-hybridized carbons (Fsp3) is 0.240. The summed E-state index contributed by atoms with van der Waals surface area (Å²) in [5.41, 5.74) is 0.947. The quantitative estimate of drug-likeness (QED) is 0.461. The van der Waals surface area contributed by atoms with Gasteiger partial charge in [-0.25, -0.2) is 4.98 Å². The van der Waals surface area contributed by atoms with Crippen LogP contribution in [0.25, 0.3) is 0 Å². The maximum Gasteiger partial charge on any atom is 0.417 e. The fourth-order valence-corrected chi connectivity index (χ4v) is 4.16. The molecule has 2 amide bonds. The molecule has 0 bridgehead atoms. The third-order valence-electron chi connectivity index (χ3n) is 5.55. The normalized spacial score (nSPS) is 15.2. The number of benzene rings is 2. The first kappa shape index (κ1) is 24.5. The number of hydrogen-bond donors (Lipinski definition) is 2. The Morgan fingerprint density at radius 2 is 1.83 bits per heavy atom. The van der Waals surface area contributed by atoms with Gasteiger partial charge in [-0.1, -0.05) is 17.7 Å². The first-order chi connectivity index (χ1) is 16.6. The van der Waals surface area contributed by atoms with Gasteiger partial charge in [0, 0.05) is 30.8 Å². The lowest BCUT2D eigenvalue weighted by atomic mass is 9.88. The Morgan fingerprint density at radius 1 is 1.06 bits per heavy atom. The number of fused-ring (bicyclic) bond motifs is 1. The number of nitrogens with zero attached hydrogens (tertiary/aromatic N) is 1. The molecule has 4 rings (SSSR count). The van der Waals surface area contributed by atoms with Crippen molar-refractivity contribution in [3.8, 4) is 11.5 Å². The molecule has 35 heavy (non-hydrogen) atoms. The third kappa shape index (κ3) is 6.10. The van der Waals surface area contributed by atoms with E-state index in [0.29, 0.717) is 36.6 Å². The Kier molecular flexibility index (Phi) is 6.98. The molecule has 1 aromatic heterocycles. The number of aryl methyl sites for hydroxylation is 1. The molecule has 6 nitrogen and oxygen atoms in total. The molecule has 1 heterocycles. The first-order valence-electron chi connectivity index (χ1n) is 10.8. The van der Waals surface area contributed by atoms with Gasteiger partial charge in [0.1, 0.15) is 17.3 Å². The van der Waals surface area contributed by atoms with E-state index in [4.69, 9.17) is 16.3 Å². The van der Waals surface area contributed by atoms with Crippen molar-refractivity contribution in [1.82, 2.24) is 10.3 Å². The molecule has 10 heteroatoms. The van der Waals surface area contributed by atoms with Crippen LogP contribution in [0.5, 0.6) is 11.5 Å². The standard InChI is InChI=1S/C25H21ClF3N3O3/c1-14(33)31-23-13-20(8-9-30-23)35-19-6-3-15-2-5-18(10-17(15)11-19)32-24(34)16-4-7-22(26)21(12-16)25(27,28)29/h3-4,6-9,11-13,18H,2,5,10H2,1H3,(H,32,34)(H,30,31,33). The lowest BCUT2D eigenvalue weighted by Gasteiger charge is -2.26. The number of pyridine rings is 1. The van der Waals surface area contributed by atoms with Crippen LogP contribution in [0.3, 0.4) is 0 Å². The number of halogens is 4.